The molecule has 0 radical (unpaired) electrons. The number of carbonyl (C=O) groups excluding carboxylic acids is 1. The third-order valence-corrected chi connectivity index (χ3v) is 8.97. The van der Waals surface area contributed by atoms with E-state index in [-0.39, 0.29) is 5.41 Å². The fourth-order valence-corrected chi connectivity index (χ4v) is 7.43. The van der Waals surface area contributed by atoms with E-state index in [1.54, 1.807) is 0 Å². The van der Waals surface area contributed by atoms with Crippen molar-refractivity contribution in [3.05, 3.63) is 0 Å². The van der Waals surface area contributed by atoms with Crippen molar-refractivity contribution in [2.45, 2.75) is 71.6 Å². The van der Waals surface area contributed by atoms with E-state index in [0.717, 1.165) is 37.0 Å². The number of nitrogens with zero attached hydrogens (tertiary/aromatic N) is 1. The van der Waals surface area contributed by atoms with Crippen LogP contribution in [0.4, 0.5) is 0 Å². The van der Waals surface area contributed by atoms with Gasteiger partial charge in [0.25, 0.3) is 0 Å². The third-order valence-electron chi connectivity index (χ3n) is 8.97. The molecule has 5 unspecified atom stereocenters. The van der Waals surface area contributed by atoms with E-state index < -0.39 is 0 Å². The maximum Gasteiger partial charge on any atom is 0.139 e. The lowest BCUT2D eigenvalue weighted by atomic mass is 9.45. The Morgan fingerprint density at radius 2 is 2.00 bits per heavy atom. The summed E-state index contributed by atoms with van der Waals surface area (Å²) in [5.74, 6) is 4.21. The van der Waals surface area contributed by atoms with Gasteiger partial charge in [0.15, 0.2) is 0 Å². The molecule has 7 atom stereocenters. The Morgan fingerprint density at radius 1 is 1.15 bits per heavy atom. The molecule has 0 aromatic heterocycles. The molecule has 4 heteroatoms. The van der Waals surface area contributed by atoms with Crippen molar-refractivity contribution < 1.29 is 9.63 Å². The van der Waals surface area contributed by atoms with E-state index in [4.69, 9.17) is 10.6 Å². The fraction of sp³-hybridized carbons (Fsp3) is 0.909. The summed E-state index contributed by atoms with van der Waals surface area (Å²) < 4.78 is 0. The van der Waals surface area contributed by atoms with Gasteiger partial charge in [0, 0.05) is 24.6 Å². The van der Waals surface area contributed by atoms with Crippen molar-refractivity contribution in [1.29, 1.82) is 0 Å². The topological polar surface area (TPSA) is 64.7 Å². The predicted molar refractivity (Wildman–Crippen MR) is 104 cm³/mol. The van der Waals surface area contributed by atoms with Gasteiger partial charge in [-0.2, -0.15) is 0 Å². The first-order valence-electron chi connectivity index (χ1n) is 10.9. The summed E-state index contributed by atoms with van der Waals surface area (Å²) in [5.41, 5.74) is 5.93. The van der Waals surface area contributed by atoms with Gasteiger partial charge in [0.2, 0.25) is 0 Å². The maximum atomic E-state index is 12.5. The minimum Gasteiger partial charge on any atom is -0.395 e. The van der Waals surface area contributed by atoms with Crippen LogP contribution in [0, 0.1) is 40.4 Å². The molecule has 146 valence electrons. The van der Waals surface area contributed by atoms with E-state index in [9.17, 15) is 4.79 Å². The third kappa shape index (κ3) is 2.83. The zero-order valence-corrected chi connectivity index (χ0v) is 16.6. The summed E-state index contributed by atoms with van der Waals surface area (Å²) in [6.07, 6.45) is 12.9. The minimum absolute atomic E-state index is 0.00849. The Balaban J connectivity index is 1.46. The molecular weight excluding hydrogens is 324 g/mol. The number of ketones is 1. The van der Waals surface area contributed by atoms with E-state index >= 15 is 0 Å². The second kappa shape index (κ2) is 6.92. The molecule has 0 aliphatic heterocycles. The SMILES string of the molecule is C[C@]12CCC(/C=N/OCCN)CC1CCC1C2CC[C@]2(C)C(=O)CCC12. The Labute approximate surface area is 158 Å². The average molecular weight is 361 g/mol. The molecule has 0 amide bonds. The molecule has 26 heavy (non-hydrogen) atoms. The van der Waals surface area contributed by atoms with Crippen molar-refractivity contribution >= 4 is 12.0 Å². The Morgan fingerprint density at radius 3 is 2.81 bits per heavy atom. The van der Waals surface area contributed by atoms with Crippen LogP contribution in [0.25, 0.3) is 0 Å². The van der Waals surface area contributed by atoms with Crippen molar-refractivity contribution in [3.63, 3.8) is 0 Å². The zero-order chi connectivity index (χ0) is 18.4. The highest BCUT2D eigenvalue weighted by Crippen LogP contribution is 2.65. The van der Waals surface area contributed by atoms with Gasteiger partial charge in [-0.3, -0.25) is 4.79 Å². The number of oxime groups is 1. The van der Waals surface area contributed by atoms with Gasteiger partial charge in [0.05, 0.1) is 0 Å². The van der Waals surface area contributed by atoms with Crippen molar-refractivity contribution in [2.24, 2.45) is 51.3 Å². The Bertz CT molecular complexity index is 576. The van der Waals surface area contributed by atoms with E-state index in [0.29, 0.717) is 36.2 Å². The molecule has 2 N–H and O–H groups in total. The van der Waals surface area contributed by atoms with Crippen LogP contribution in [0.3, 0.4) is 0 Å². The second-order valence-corrected chi connectivity index (χ2v) is 9.99. The number of hydrogen-bond donors (Lipinski definition) is 1. The quantitative estimate of drug-likeness (QED) is 0.465. The van der Waals surface area contributed by atoms with Crippen LogP contribution < -0.4 is 5.73 Å². The van der Waals surface area contributed by atoms with Gasteiger partial charge in [-0.15, -0.1) is 0 Å². The van der Waals surface area contributed by atoms with Crippen LogP contribution in [0.1, 0.15) is 71.6 Å². The van der Waals surface area contributed by atoms with E-state index in [1.807, 2.05) is 6.21 Å². The van der Waals surface area contributed by atoms with Crippen LogP contribution in [0.2, 0.25) is 0 Å². The van der Waals surface area contributed by atoms with Gasteiger partial charge in [-0.1, -0.05) is 19.0 Å². The van der Waals surface area contributed by atoms with Crippen LogP contribution in [-0.2, 0) is 9.63 Å². The van der Waals surface area contributed by atoms with Gasteiger partial charge in [0.1, 0.15) is 12.4 Å². The van der Waals surface area contributed by atoms with Gasteiger partial charge in [-0.25, -0.2) is 0 Å². The first-order chi connectivity index (χ1) is 12.5. The molecule has 4 saturated carbocycles. The highest BCUT2D eigenvalue weighted by Gasteiger charge is 2.60. The summed E-state index contributed by atoms with van der Waals surface area (Å²) in [4.78, 5) is 17.7. The molecule has 0 heterocycles. The summed E-state index contributed by atoms with van der Waals surface area (Å²) in [6, 6.07) is 0. The maximum absolute atomic E-state index is 12.5. The van der Waals surface area contributed by atoms with E-state index in [1.165, 1.54) is 38.5 Å². The highest BCUT2D eigenvalue weighted by molar-refractivity contribution is 5.87. The van der Waals surface area contributed by atoms with Crippen LogP contribution in [-0.4, -0.2) is 25.1 Å². The second-order valence-electron chi connectivity index (χ2n) is 9.99. The molecule has 0 spiro atoms. The number of Topliss-reactive ketones (excluding diaryl/α,β-unsaturated/α-hetero) is 1. The van der Waals surface area contributed by atoms with Crippen molar-refractivity contribution in [1.82, 2.24) is 0 Å². The Hall–Kier alpha value is -0.900. The predicted octanol–water partition coefficient (Wildman–Crippen LogP) is 4.18. The molecule has 4 fully saturated rings. The molecular formula is C22H36N2O2. The smallest absolute Gasteiger partial charge is 0.139 e. The summed E-state index contributed by atoms with van der Waals surface area (Å²) in [6.45, 7) is 5.89. The Kier molecular flexibility index (Phi) is 4.92. The molecule has 0 aromatic rings. The monoisotopic (exact) mass is 360 g/mol. The van der Waals surface area contributed by atoms with Gasteiger partial charge in [-0.05, 0) is 86.4 Å². The first kappa shape index (κ1) is 18.5. The van der Waals surface area contributed by atoms with Crippen molar-refractivity contribution in [3.8, 4) is 0 Å². The lowest BCUT2D eigenvalue weighted by molar-refractivity contribution is -0.139. The standard InChI is InChI=1S/C22H36N2O2/c1-21-9-7-15(14-24-26-12-11-23)13-16(21)3-4-17-18-5-6-20(25)22(18,2)10-8-19(17)21/h14-19H,3-13,23H2,1-2H3/b24-14+/t15?,16?,17?,18?,19?,21-,22-/m0/s1. The summed E-state index contributed by atoms with van der Waals surface area (Å²) in [5, 5.41) is 4.15. The molecule has 0 saturated heterocycles. The number of fused-ring (bicyclic) bond motifs is 5. The van der Waals surface area contributed by atoms with Crippen LogP contribution in [0.15, 0.2) is 5.16 Å². The minimum atomic E-state index is 0.00849. The molecule has 4 aliphatic rings. The van der Waals surface area contributed by atoms with E-state index in [2.05, 4.69) is 19.0 Å². The largest absolute Gasteiger partial charge is 0.395 e. The summed E-state index contributed by atoms with van der Waals surface area (Å²) in [7, 11) is 0. The molecule has 4 rings (SSSR count). The lowest BCUT2D eigenvalue weighted by Crippen LogP contribution is -2.53. The number of carbonyl (C=O) groups is 1. The first-order valence-corrected chi connectivity index (χ1v) is 10.9. The molecule has 0 bridgehead atoms. The number of nitrogens with two attached hydrogens (primary N) is 1. The number of rotatable bonds is 4. The van der Waals surface area contributed by atoms with Gasteiger partial charge >= 0.3 is 0 Å². The van der Waals surface area contributed by atoms with Gasteiger partial charge < -0.3 is 10.6 Å². The van der Waals surface area contributed by atoms with Crippen LogP contribution >= 0.6 is 0 Å². The van der Waals surface area contributed by atoms with Crippen LogP contribution in [0.5, 0.6) is 0 Å². The molecule has 4 nitrogen and oxygen atoms in total. The average Bonchev–Trinajstić information content (AvgIpc) is 2.94. The fourth-order valence-electron chi connectivity index (χ4n) is 7.43. The lowest BCUT2D eigenvalue weighted by Gasteiger charge is -2.60. The molecule has 0 aromatic carbocycles. The molecule has 4 aliphatic carbocycles. The van der Waals surface area contributed by atoms with Crippen molar-refractivity contribution in [2.75, 3.05) is 13.2 Å². The number of hydrogen-bond acceptors (Lipinski definition) is 4. The normalized spacial score (nSPS) is 48.1. The summed E-state index contributed by atoms with van der Waals surface area (Å²) >= 11 is 0. The highest BCUT2D eigenvalue weighted by atomic mass is 16.6. The zero-order valence-electron chi connectivity index (χ0n) is 16.6.